The molecule has 0 aromatic carbocycles. The molecule has 0 radical (unpaired) electrons. The third-order valence-electron chi connectivity index (χ3n) is 0.966. The van der Waals surface area contributed by atoms with Crippen molar-refractivity contribution in [3.05, 3.63) is 11.6 Å². The molecular formula is C5H8NS2+. The molecule has 1 unspecified atom stereocenters. The smallest absolute Gasteiger partial charge is 0.308 e. The van der Waals surface area contributed by atoms with E-state index in [0.29, 0.717) is 4.71 Å². The van der Waals surface area contributed by atoms with Crippen LogP contribution in [0.2, 0.25) is 0 Å². The van der Waals surface area contributed by atoms with Gasteiger partial charge in [0.25, 0.3) is 0 Å². The van der Waals surface area contributed by atoms with Gasteiger partial charge in [0.05, 0.1) is 0 Å². The minimum atomic E-state index is 0.509. The zero-order chi connectivity index (χ0) is 5.98. The zero-order valence-corrected chi connectivity index (χ0v) is 6.34. The first-order chi connectivity index (χ1) is 3.84. The standard InChI is InChI=1S/C5H8NS2/c1-6-3-4-8-5(6)7-2/h3-5H,2H2,1H3/q+1. The molecule has 0 amide bonds. The third-order valence-corrected chi connectivity index (χ3v) is 3.17. The summed E-state index contributed by atoms with van der Waals surface area (Å²) in [5.41, 5.74) is 0. The van der Waals surface area contributed by atoms with Gasteiger partial charge in [-0.25, -0.2) is 0 Å². The van der Waals surface area contributed by atoms with Gasteiger partial charge in [-0.2, -0.15) is 0 Å². The van der Waals surface area contributed by atoms with Gasteiger partial charge in [-0.05, 0) is 17.2 Å². The predicted octanol–water partition coefficient (Wildman–Crippen LogP) is 0.934. The van der Waals surface area contributed by atoms with E-state index in [-0.39, 0.29) is 0 Å². The molecule has 1 aliphatic rings. The van der Waals surface area contributed by atoms with E-state index in [0.717, 1.165) is 0 Å². The Balaban J connectivity index is 2.50. The zero-order valence-electron chi connectivity index (χ0n) is 4.70. The first kappa shape index (κ1) is 6.11. The highest BCUT2D eigenvalue weighted by molar-refractivity contribution is 8.11. The predicted molar refractivity (Wildman–Crippen MR) is 42.8 cm³/mol. The normalized spacial score (nSPS) is 26.6. The third kappa shape index (κ3) is 1.03. The van der Waals surface area contributed by atoms with Crippen LogP contribution >= 0.6 is 11.8 Å². The Morgan fingerprint density at radius 1 is 1.88 bits per heavy atom. The average Bonchev–Trinajstić information content (AvgIpc) is 2.14. The molecule has 0 bridgehead atoms. The Kier molecular flexibility index (Phi) is 1.91. The van der Waals surface area contributed by atoms with Gasteiger partial charge in [-0.1, -0.05) is 0 Å². The molecule has 1 aliphatic heterocycles. The van der Waals surface area contributed by atoms with E-state index in [4.69, 9.17) is 0 Å². The van der Waals surface area contributed by atoms with Crippen LogP contribution in [0.3, 0.4) is 0 Å². The molecule has 1 rings (SSSR count). The lowest BCUT2D eigenvalue weighted by Crippen LogP contribution is -2.17. The summed E-state index contributed by atoms with van der Waals surface area (Å²) < 4.78 is 0.509. The molecule has 0 N–H and O–H groups in total. The quantitative estimate of drug-likeness (QED) is 0.400. The van der Waals surface area contributed by atoms with Crippen LogP contribution in [-0.4, -0.2) is 22.5 Å². The minimum Gasteiger partial charge on any atom is -0.320 e. The van der Waals surface area contributed by atoms with Crippen LogP contribution in [0.4, 0.5) is 0 Å². The number of thioether (sulfide) groups is 1. The van der Waals surface area contributed by atoms with E-state index < -0.39 is 0 Å². The number of rotatable bonds is 1. The fourth-order valence-electron chi connectivity index (χ4n) is 0.521. The van der Waals surface area contributed by atoms with E-state index >= 15 is 0 Å². The molecule has 0 saturated carbocycles. The van der Waals surface area contributed by atoms with E-state index in [9.17, 15) is 0 Å². The van der Waals surface area contributed by atoms with E-state index in [1.165, 1.54) is 0 Å². The van der Waals surface area contributed by atoms with Crippen molar-refractivity contribution in [1.82, 2.24) is 4.90 Å². The maximum atomic E-state index is 3.73. The summed E-state index contributed by atoms with van der Waals surface area (Å²) >= 11 is 3.41. The van der Waals surface area contributed by atoms with Gasteiger partial charge in [0.1, 0.15) is 0 Å². The van der Waals surface area contributed by atoms with Crippen molar-refractivity contribution in [3.8, 4) is 0 Å². The summed E-state index contributed by atoms with van der Waals surface area (Å²) in [7, 11) is 2.05. The van der Waals surface area contributed by atoms with Crippen LogP contribution in [-0.2, 0) is 11.4 Å². The second-order valence-electron chi connectivity index (χ2n) is 1.56. The van der Waals surface area contributed by atoms with E-state index in [2.05, 4.69) is 29.4 Å². The molecule has 3 heteroatoms. The van der Waals surface area contributed by atoms with Gasteiger partial charge in [0.15, 0.2) is 5.87 Å². The van der Waals surface area contributed by atoms with Crippen molar-refractivity contribution in [2.75, 3.05) is 7.05 Å². The summed E-state index contributed by atoms with van der Waals surface area (Å²) in [5, 5.41) is 2.09. The van der Waals surface area contributed by atoms with Gasteiger partial charge >= 0.3 is 4.71 Å². The lowest BCUT2D eigenvalue weighted by atomic mass is 10.9. The minimum absolute atomic E-state index is 0.509. The van der Waals surface area contributed by atoms with Crippen LogP contribution in [0.25, 0.3) is 0 Å². The van der Waals surface area contributed by atoms with Crippen LogP contribution < -0.4 is 0 Å². The Labute approximate surface area is 57.7 Å². The number of hydrogen-bond donors (Lipinski definition) is 0. The molecule has 44 valence electrons. The first-order valence-electron chi connectivity index (χ1n) is 2.29. The Bertz CT molecular complexity index is 122. The van der Waals surface area contributed by atoms with Crippen molar-refractivity contribution in [3.63, 3.8) is 0 Å². The van der Waals surface area contributed by atoms with E-state index in [1.807, 2.05) is 0 Å². The largest absolute Gasteiger partial charge is 0.320 e. The highest BCUT2D eigenvalue weighted by Crippen LogP contribution is 2.21. The molecule has 0 aromatic rings. The highest BCUT2D eigenvalue weighted by Gasteiger charge is 2.22. The summed E-state index contributed by atoms with van der Waals surface area (Å²) in [5.74, 6) is 3.73. The molecule has 1 atom stereocenters. The topological polar surface area (TPSA) is 3.24 Å². The maximum Gasteiger partial charge on any atom is 0.308 e. The van der Waals surface area contributed by atoms with Crippen LogP contribution in [0.1, 0.15) is 0 Å². The van der Waals surface area contributed by atoms with Gasteiger partial charge in [0, 0.05) is 13.2 Å². The maximum absolute atomic E-state index is 3.73. The van der Waals surface area contributed by atoms with Crippen molar-refractivity contribution in [2.24, 2.45) is 0 Å². The molecule has 0 fully saturated rings. The van der Waals surface area contributed by atoms with Gasteiger partial charge < -0.3 is 4.90 Å². The van der Waals surface area contributed by atoms with Crippen LogP contribution in [0.15, 0.2) is 11.6 Å². The summed E-state index contributed by atoms with van der Waals surface area (Å²) in [4.78, 5) is 2.14. The Hall–Kier alpha value is -0.0200. The van der Waals surface area contributed by atoms with Crippen LogP contribution in [0, 0.1) is 0 Å². The monoisotopic (exact) mass is 146 g/mol. The fraction of sp³-hybridized carbons (Fsp3) is 0.400. The summed E-state index contributed by atoms with van der Waals surface area (Å²) in [6.45, 7) is 0. The van der Waals surface area contributed by atoms with Crippen molar-refractivity contribution in [1.29, 1.82) is 0 Å². The molecule has 0 aliphatic carbocycles. The molecule has 0 spiro atoms. The summed E-state index contributed by atoms with van der Waals surface area (Å²) in [6, 6.07) is 0. The lowest BCUT2D eigenvalue weighted by Gasteiger charge is -2.04. The SMILES string of the molecule is C=[S+]C1SC=CN1C. The van der Waals surface area contributed by atoms with Crippen molar-refractivity contribution < 1.29 is 0 Å². The molecule has 1 heterocycles. The van der Waals surface area contributed by atoms with Crippen LogP contribution in [0.5, 0.6) is 0 Å². The van der Waals surface area contributed by atoms with Crippen molar-refractivity contribution in [2.45, 2.75) is 4.71 Å². The van der Waals surface area contributed by atoms with Crippen molar-refractivity contribution >= 4 is 29.0 Å². The van der Waals surface area contributed by atoms with Gasteiger partial charge in [0.2, 0.25) is 11.4 Å². The van der Waals surface area contributed by atoms with E-state index in [1.54, 1.807) is 23.1 Å². The second kappa shape index (κ2) is 2.51. The molecule has 0 saturated heterocycles. The average molecular weight is 146 g/mol. The fourth-order valence-corrected chi connectivity index (χ4v) is 1.99. The molecule has 8 heavy (non-hydrogen) atoms. The lowest BCUT2D eigenvalue weighted by molar-refractivity contribution is 0.525. The van der Waals surface area contributed by atoms with Gasteiger partial charge in [-0.15, -0.1) is 0 Å². The molecular weight excluding hydrogens is 138 g/mol. The Morgan fingerprint density at radius 2 is 2.62 bits per heavy atom. The highest BCUT2D eigenvalue weighted by atomic mass is 32.2. The second-order valence-corrected chi connectivity index (χ2v) is 3.63. The first-order valence-corrected chi connectivity index (χ1v) is 4.28. The molecule has 0 aromatic heterocycles. The summed E-state index contributed by atoms with van der Waals surface area (Å²) in [6.07, 6.45) is 2.06. The molecule has 1 nitrogen and oxygen atoms in total. The van der Waals surface area contributed by atoms with Gasteiger partial charge in [-0.3, -0.25) is 0 Å². The number of nitrogens with zero attached hydrogens (tertiary/aromatic N) is 1. The Morgan fingerprint density at radius 3 is 2.88 bits per heavy atom. The number of hydrogen-bond acceptors (Lipinski definition) is 2.